The van der Waals surface area contributed by atoms with E-state index in [0.29, 0.717) is 36.5 Å². The third kappa shape index (κ3) is 19.1. The highest BCUT2D eigenvalue weighted by molar-refractivity contribution is 8.26. The van der Waals surface area contributed by atoms with Crippen molar-refractivity contribution in [3.05, 3.63) is 137 Å². The number of H-pyrrole nitrogens is 2. The lowest BCUT2D eigenvalue weighted by Gasteiger charge is -2.15. The standard InChI is InChI=1S/C24H25NO3.C12H16N2.C11H9ClO3.C11H10O4.C6H15N.CH2Cl2.CH3F.CH4.Cl2OS/c1-23(2,3)21-12-16-10-15(4-6-18(16)25-21)11-22(26)24(8-9-24)17-5-7-19-20(13-17)28-14-27-19;1-12(2,3)11-7-8-6-9(13)4-5-10(8)14-11;2*12-10(13)11(3-4-11)7-1-2-8-9(5-7)15-6-14-8;1-4-7(5-2)6-3;2-1-3;1-2;;1-4(2)3/h4-7,10,12-13,25H,8-9,11,14H2,1-3H3;4-7,14H,13H2,1-3H3;1-2,5H,3-4,6H2;1-2,5H,3-4,6H2,(H,12,13);4-6H2,1-3H3;1H2;1H3;1H4;/i;;;;;;1D;;. The fourth-order valence-corrected chi connectivity index (χ4v) is 10.5. The van der Waals surface area contributed by atoms with Gasteiger partial charge in [0.25, 0.3) is 0 Å². The zero-order valence-electron chi connectivity index (χ0n) is 52.2. The van der Waals surface area contributed by atoms with E-state index in [2.05, 4.69) is 129 Å². The zero-order valence-corrected chi connectivity index (χ0v) is 55.7. The van der Waals surface area contributed by atoms with Gasteiger partial charge in [-0.3, -0.25) is 18.8 Å². The van der Waals surface area contributed by atoms with Crippen LogP contribution in [0.3, 0.4) is 0 Å². The summed E-state index contributed by atoms with van der Waals surface area (Å²) in [6, 6.07) is 33.5. The van der Waals surface area contributed by atoms with Gasteiger partial charge in [-0.05, 0) is 176 Å². The van der Waals surface area contributed by atoms with Crippen LogP contribution in [-0.4, -0.2) is 93.7 Å². The summed E-state index contributed by atoms with van der Waals surface area (Å²) in [6.45, 7) is 24.0. The van der Waals surface area contributed by atoms with E-state index in [1.807, 2.05) is 60.7 Å². The van der Waals surface area contributed by atoms with Crippen LogP contribution in [0.1, 0.15) is 143 Å². The summed E-state index contributed by atoms with van der Waals surface area (Å²) < 4.78 is 56.4. The van der Waals surface area contributed by atoms with E-state index in [-0.39, 0.29) is 60.4 Å². The van der Waals surface area contributed by atoms with E-state index in [4.69, 9.17) is 79.6 Å². The van der Waals surface area contributed by atoms with Crippen LogP contribution in [-0.2, 0) is 57.1 Å². The molecule has 3 saturated carbocycles. The topological polar surface area (TPSA) is 205 Å². The first kappa shape index (κ1) is 72.1. The molecule has 0 spiro atoms. The van der Waals surface area contributed by atoms with Gasteiger partial charge in [0.05, 0.1) is 30.1 Å². The summed E-state index contributed by atoms with van der Waals surface area (Å²) in [5, 5.41) is 11.4. The highest BCUT2D eigenvalue weighted by Gasteiger charge is 2.53. The third-order valence-electron chi connectivity index (χ3n) is 16.0. The van der Waals surface area contributed by atoms with Crippen molar-refractivity contribution in [3.63, 3.8) is 0 Å². The normalized spacial score (nSPS) is 15.7. The van der Waals surface area contributed by atoms with Crippen molar-refractivity contribution in [3.8, 4) is 34.5 Å². The maximum Gasteiger partial charge on any atom is 0.314 e. The molecule has 0 radical (unpaired) electrons. The Balaban J connectivity index is 0.000000207. The largest absolute Gasteiger partial charge is 0.481 e. The Morgan fingerprint density at radius 1 is 0.607 bits per heavy atom. The summed E-state index contributed by atoms with van der Waals surface area (Å²) in [7, 11) is 6.36. The van der Waals surface area contributed by atoms with Crippen molar-refractivity contribution in [2.24, 2.45) is 0 Å². The number of alkyl halides is 3. The number of fused-ring (bicyclic) bond motifs is 5. The van der Waals surface area contributed by atoms with E-state index in [1.54, 1.807) is 12.1 Å². The van der Waals surface area contributed by atoms with Crippen LogP contribution in [0, 0.1) is 0 Å². The second kappa shape index (κ2) is 32.4. The summed E-state index contributed by atoms with van der Waals surface area (Å²) in [6.07, 6.45) is 5.35. The van der Waals surface area contributed by atoms with Gasteiger partial charge < -0.3 is 54.1 Å². The van der Waals surface area contributed by atoms with E-state index in [9.17, 15) is 18.8 Å². The molecule has 0 bridgehead atoms. The van der Waals surface area contributed by atoms with E-state index < -0.39 is 33.2 Å². The van der Waals surface area contributed by atoms with Crippen LogP contribution in [0.25, 0.3) is 21.8 Å². The predicted molar refractivity (Wildman–Crippen MR) is 360 cm³/mol. The SMILES string of the molecule is C.CC(C)(C)c1cc2cc(CC(=O)C3(c4ccc5c(c4)OCO5)CC3)ccc2[nH]1.CC(C)(C)c1cc2cc(N)ccc2[nH]1.CCN(CC)CC.ClCCl.O=C(Cl)C1(c2ccc3c(c2)OCO3)CC1.O=C(O)C1(c2ccc3c(c2)OCO3)CC1.O=S(Cl)Cl.[2H]CF. The van der Waals surface area contributed by atoms with Crippen molar-refractivity contribution < 1.29 is 57.9 Å². The number of nitrogen functional groups attached to an aromatic ring is 1. The Labute approximate surface area is 550 Å². The first-order valence-corrected chi connectivity index (χ1v) is 33.0. The minimum Gasteiger partial charge on any atom is -0.481 e. The number of aliphatic carboxylic acids is 1. The molecule has 0 amide bonds. The Hall–Kier alpha value is -5.92. The number of nitrogens with zero attached hydrogens (tertiary/aromatic N) is 1. The average Bonchev–Trinajstić information content (AvgIpc) is 1.62. The number of carboxylic acids is 1. The van der Waals surface area contributed by atoms with Gasteiger partial charge in [0.15, 0.2) is 34.5 Å². The molecule has 0 atom stereocenters. The molecule has 5 N–H and O–H groups in total. The Bertz CT molecular complexity index is 3460. The molecule has 486 valence electrons. The first-order chi connectivity index (χ1) is 42.2. The highest BCUT2D eigenvalue weighted by Crippen LogP contribution is 2.54. The smallest absolute Gasteiger partial charge is 0.314 e. The molecule has 3 aliphatic heterocycles. The van der Waals surface area contributed by atoms with Crippen molar-refractivity contribution in [2.75, 3.05) is 58.2 Å². The number of carboxylic acid groups (broad SMARTS) is 1. The van der Waals surface area contributed by atoms with E-state index in [1.165, 1.54) is 41.8 Å². The van der Waals surface area contributed by atoms with Crippen molar-refractivity contribution in [1.29, 1.82) is 0 Å². The second-order valence-electron chi connectivity index (χ2n) is 23.7. The fraction of sp³-hybridized carbons (Fsp3) is 0.448. The van der Waals surface area contributed by atoms with Crippen LogP contribution < -0.4 is 34.2 Å². The van der Waals surface area contributed by atoms with Crippen molar-refractivity contribution in [2.45, 2.75) is 142 Å². The molecule has 5 aromatic carbocycles. The minimum atomic E-state index is -1.67. The number of halogens is 6. The van der Waals surface area contributed by atoms with Crippen LogP contribution in [0.2, 0.25) is 0 Å². The molecule has 0 unspecified atom stereocenters. The molecule has 3 aliphatic carbocycles. The van der Waals surface area contributed by atoms with Crippen molar-refractivity contribution in [1.82, 2.24) is 14.9 Å². The summed E-state index contributed by atoms with van der Waals surface area (Å²) in [5.74, 6) is 3.84. The number of aromatic amines is 2. The molecule has 15 nitrogen and oxygen atoms in total. The average molecular weight is 1350 g/mol. The number of rotatable bonds is 11. The number of Topliss-reactive ketones (excluding diaryl/α,β-unsaturated/α-hetero) is 1. The van der Waals surface area contributed by atoms with Gasteiger partial charge in [-0.1, -0.05) is 94.0 Å². The van der Waals surface area contributed by atoms with Crippen LogP contribution in [0.5, 0.6) is 34.5 Å². The molecular formula is C67H84Cl5FN4O11S. The molecule has 6 aliphatic rings. The summed E-state index contributed by atoms with van der Waals surface area (Å²) in [4.78, 5) is 44.9. The minimum absolute atomic E-state index is 0. The highest BCUT2D eigenvalue weighted by atomic mass is 36.0. The lowest BCUT2D eigenvalue weighted by Crippen LogP contribution is -2.22. The molecule has 2 aromatic heterocycles. The number of anilines is 1. The number of hydrogen-bond donors (Lipinski definition) is 4. The van der Waals surface area contributed by atoms with Crippen LogP contribution in [0.15, 0.2) is 103 Å². The van der Waals surface area contributed by atoms with Gasteiger partial charge in [-0.15, -0.1) is 23.2 Å². The maximum atomic E-state index is 13.2. The summed E-state index contributed by atoms with van der Waals surface area (Å²) >= 11 is 15.1. The number of nitrogens with two attached hydrogens (primary N) is 1. The number of hydrogen-bond acceptors (Lipinski definition) is 12. The maximum absolute atomic E-state index is 13.2. The lowest BCUT2D eigenvalue weighted by molar-refractivity contribution is -0.140. The zero-order chi connectivity index (χ0) is 65.5. The molecule has 89 heavy (non-hydrogen) atoms. The first-order valence-electron chi connectivity index (χ1n) is 29.5. The van der Waals surface area contributed by atoms with E-state index >= 15 is 0 Å². The molecule has 3 fully saturated rings. The predicted octanol–water partition coefficient (Wildman–Crippen LogP) is 16.9. The number of ether oxygens (including phenoxy) is 6. The molecule has 5 heterocycles. The Kier molecular flexibility index (Phi) is 26.3. The van der Waals surface area contributed by atoms with Crippen LogP contribution in [0.4, 0.5) is 10.1 Å². The lowest BCUT2D eigenvalue weighted by atomic mass is 9.87. The number of carbonyl (C=O) groups excluding carboxylic acids is 2. The summed E-state index contributed by atoms with van der Waals surface area (Å²) in [5.41, 5.74) is 13.9. The van der Waals surface area contributed by atoms with Gasteiger partial charge in [0.1, 0.15) is 5.78 Å². The number of aromatic nitrogens is 2. The molecule has 22 heteroatoms. The molecular weight excluding hydrogens is 1270 g/mol. The number of nitrogens with one attached hydrogen (secondary N) is 2. The van der Waals surface area contributed by atoms with Gasteiger partial charge in [0.2, 0.25) is 34.8 Å². The molecule has 13 rings (SSSR count). The van der Waals surface area contributed by atoms with Gasteiger partial charge >= 0.3 is 5.97 Å². The van der Waals surface area contributed by atoms with Gasteiger partial charge in [-0.2, -0.15) is 0 Å². The molecule has 7 aromatic rings. The van der Waals surface area contributed by atoms with E-state index in [0.717, 1.165) is 81.9 Å². The number of ketones is 1. The fourth-order valence-electron chi connectivity index (χ4n) is 10.2. The monoisotopic (exact) mass is 1350 g/mol. The Morgan fingerprint density at radius 2 is 0.955 bits per heavy atom. The van der Waals surface area contributed by atoms with Crippen molar-refractivity contribution >= 4 is 110 Å². The van der Waals surface area contributed by atoms with Gasteiger partial charge in [0, 0.05) is 72.1 Å². The Morgan fingerprint density at radius 3 is 1.29 bits per heavy atom. The number of carbonyl (C=O) groups is 3. The third-order valence-corrected chi connectivity index (χ3v) is 16.4. The second-order valence-corrected chi connectivity index (χ2v) is 27.3. The quantitative estimate of drug-likeness (QED) is 0.0541. The van der Waals surface area contributed by atoms with Crippen LogP contribution >= 0.6 is 56.2 Å². The number of benzene rings is 5. The molecule has 0 saturated heterocycles. The van der Waals surface area contributed by atoms with Gasteiger partial charge in [-0.25, -0.2) is 4.21 Å².